The zero-order valence-electron chi connectivity index (χ0n) is 24.0. The van der Waals surface area contributed by atoms with Crippen molar-refractivity contribution in [2.24, 2.45) is 5.92 Å². The van der Waals surface area contributed by atoms with Gasteiger partial charge in [0.25, 0.3) is 5.91 Å². The molecular formula is C31H34KN3O6. The molecule has 1 N–H and O–H groups in total. The summed E-state index contributed by atoms with van der Waals surface area (Å²) in [5, 5.41) is 9.23. The van der Waals surface area contributed by atoms with Crippen LogP contribution in [0.3, 0.4) is 0 Å². The van der Waals surface area contributed by atoms with Gasteiger partial charge in [-0.1, -0.05) is 50.2 Å². The Kier molecular flexibility index (Phi) is 12.4. The number of ether oxygens (including phenoxy) is 1. The van der Waals surface area contributed by atoms with Gasteiger partial charge in [-0.25, -0.2) is 4.79 Å². The standard InChI is InChI=1S/C31H35N3O6.K/c1-21(2)18-33(14-5-15-35)29(36)26-10-13-28(22(3)16-26)25-7-4-6-24(17-25)20-39-27-11-8-23(9-12-27)19-34-30(37)32-31(38)40-34;/h4,6-13,16-17,21,35H,5,14-15,18-20H2,1-3H3,(H,32,37,38);/q;+1/p-1. The van der Waals surface area contributed by atoms with Crippen molar-refractivity contribution in [2.45, 2.75) is 40.3 Å². The van der Waals surface area contributed by atoms with Gasteiger partial charge in [0.05, 0.1) is 0 Å². The molecule has 9 nitrogen and oxygen atoms in total. The fourth-order valence-corrected chi connectivity index (χ4v) is 4.52. The number of benzene rings is 3. The van der Waals surface area contributed by atoms with Gasteiger partial charge < -0.3 is 24.3 Å². The quantitative estimate of drug-likeness (QED) is 0.246. The second kappa shape index (κ2) is 15.5. The van der Waals surface area contributed by atoms with Gasteiger partial charge in [0.2, 0.25) is 0 Å². The Labute approximate surface area is 281 Å². The Balaban J connectivity index is 0.00000462. The average Bonchev–Trinajstić information content (AvgIpc) is 3.26. The summed E-state index contributed by atoms with van der Waals surface area (Å²) < 4.78 is 11.6. The van der Waals surface area contributed by atoms with Gasteiger partial charge in [0.15, 0.2) is 5.69 Å². The first-order valence-electron chi connectivity index (χ1n) is 13.3. The number of aliphatic hydroxyl groups excluding tert-OH is 1. The maximum Gasteiger partial charge on any atom is 1.00 e. The van der Waals surface area contributed by atoms with Crippen molar-refractivity contribution in [3.8, 4) is 16.9 Å². The van der Waals surface area contributed by atoms with Gasteiger partial charge in [0, 0.05) is 31.8 Å². The minimum absolute atomic E-state index is 0. The van der Waals surface area contributed by atoms with Crippen molar-refractivity contribution in [1.29, 1.82) is 0 Å². The third-order valence-electron chi connectivity index (χ3n) is 6.41. The van der Waals surface area contributed by atoms with E-state index < -0.39 is 11.4 Å². The summed E-state index contributed by atoms with van der Waals surface area (Å²) >= 11 is 0. The first kappa shape index (κ1) is 32.8. The summed E-state index contributed by atoms with van der Waals surface area (Å²) in [4.78, 5) is 40.9. The van der Waals surface area contributed by atoms with E-state index in [1.165, 1.54) is 0 Å². The van der Waals surface area contributed by atoms with Crippen LogP contribution in [-0.2, 0) is 13.2 Å². The monoisotopic (exact) mass is 583 g/mol. The van der Waals surface area contributed by atoms with E-state index in [0.29, 0.717) is 43.3 Å². The topological polar surface area (TPSA) is 116 Å². The maximum absolute atomic E-state index is 13.2. The second-order valence-electron chi connectivity index (χ2n) is 10.2. The van der Waals surface area contributed by atoms with Gasteiger partial charge in [-0.05, 0) is 77.4 Å². The number of hydrogen-bond donors (Lipinski definition) is 1. The zero-order chi connectivity index (χ0) is 28.6. The molecule has 0 aliphatic carbocycles. The largest absolute Gasteiger partial charge is 1.00 e. The van der Waals surface area contributed by atoms with E-state index in [1.807, 2.05) is 48.2 Å². The van der Waals surface area contributed by atoms with Gasteiger partial charge in [-0.3, -0.25) is 14.3 Å². The Bertz CT molecular complexity index is 1560. The van der Waals surface area contributed by atoms with Crippen LogP contribution in [0.15, 0.2) is 80.8 Å². The average molecular weight is 584 g/mol. The van der Waals surface area contributed by atoms with E-state index in [2.05, 4.69) is 24.9 Å². The number of carbonyl (C=O) groups excluding carboxylic acids is 1. The van der Waals surface area contributed by atoms with Crippen LogP contribution >= 0.6 is 0 Å². The molecule has 1 aromatic heterocycles. The third kappa shape index (κ3) is 9.13. The summed E-state index contributed by atoms with van der Waals surface area (Å²) in [5.41, 5.74) is 4.76. The molecule has 0 radical (unpaired) electrons. The SMILES string of the molecule is Cc1cc(C(=O)N(CCCO)CC(C)C)ccc1-c1cccc(COc2ccc(Cn3oc(=O)[n-]c3=O)cc2)c1.[K+]. The predicted octanol–water partition coefficient (Wildman–Crippen LogP) is 0.846. The molecule has 0 atom stereocenters. The molecule has 3 aromatic carbocycles. The molecule has 0 aliphatic rings. The zero-order valence-corrected chi connectivity index (χ0v) is 27.1. The fraction of sp³-hybridized carbons (Fsp3) is 0.323. The molecule has 4 rings (SSSR count). The first-order chi connectivity index (χ1) is 19.2. The minimum atomic E-state index is -0.908. The molecule has 0 saturated carbocycles. The van der Waals surface area contributed by atoms with Crippen LogP contribution in [-0.4, -0.2) is 40.3 Å². The normalized spacial score (nSPS) is 10.9. The van der Waals surface area contributed by atoms with Crippen LogP contribution in [0.4, 0.5) is 0 Å². The van der Waals surface area contributed by atoms with E-state index in [4.69, 9.17) is 9.26 Å². The van der Waals surface area contributed by atoms with E-state index in [9.17, 15) is 19.5 Å². The van der Waals surface area contributed by atoms with Crippen LogP contribution in [0, 0.1) is 12.8 Å². The Morgan fingerprint density at radius 3 is 2.44 bits per heavy atom. The van der Waals surface area contributed by atoms with E-state index in [-0.39, 0.29) is 70.4 Å². The molecule has 210 valence electrons. The first-order valence-corrected chi connectivity index (χ1v) is 13.3. The molecule has 0 aliphatic heterocycles. The van der Waals surface area contributed by atoms with Crippen molar-refractivity contribution in [3.05, 3.63) is 110 Å². The molecule has 4 aromatic rings. The molecule has 1 heterocycles. The molecule has 0 fully saturated rings. The molecule has 10 heteroatoms. The number of rotatable bonds is 12. The number of aromatic nitrogens is 2. The minimum Gasteiger partial charge on any atom is -0.489 e. The summed E-state index contributed by atoms with van der Waals surface area (Å²) in [6.07, 6.45) is 0.557. The number of hydrogen-bond acceptors (Lipinski definition) is 6. The number of nitrogens with zero attached hydrogens (tertiary/aromatic N) is 3. The summed E-state index contributed by atoms with van der Waals surface area (Å²) in [6.45, 7) is 7.86. The van der Waals surface area contributed by atoms with Gasteiger partial charge in [-0.15, -0.1) is 0 Å². The van der Waals surface area contributed by atoms with Gasteiger partial charge in [-0.2, -0.15) is 0 Å². The number of amides is 1. The molecule has 0 spiro atoms. The Hall–Kier alpha value is -2.73. The van der Waals surface area contributed by atoms with Crippen molar-refractivity contribution in [1.82, 2.24) is 14.6 Å². The second-order valence-corrected chi connectivity index (χ2v) is 10.2. The molecule has 1 amide bonds. The van der Waals surface area contributed by atoms with Crippen LogP contribution in [0.5, 0.6) is 5.75 Å². The Morgan fingerprint density at radius 2 is 1.80 bits per heavy atom. The summed E-state index contributed by atoms with van der Waals surface area (Å²) in [7, 11) is 0. The number of aryl methyl sites for hydroxylation is 1. The predicted molar refractivity (Wildman–Crippen MR) is 151 cm³/mol. The number of aliphatic hydroxyl groups is 1. The number of carbonyl (C=O) groups is 1. The van der Waals surface area contributed by atoms with E-state index in [1.54, 1.807) is 24.3 Å². The molecule has 0 saturated heterocycles. The van der Waals surface area contributed by atoms with Crippen molar-refractivity contribution in [2.75, 3.05) is 19.7 Å². The molecule has 0 unspecified atom stereocenters. The van der Waals surface area contributed by atoms with Crippen LogP contribution in [0.25, 0.3) is 11.1 Å². The van der Waals surface area contributed by atoms with Crippen LogP contribution in [0.1, 0.15) is 47.3 Å². The third-order valence-corrected chi connectivity index (χ3v) is 6.41. The smallest absolute Gasteiger partial charge is 0.489 e. The molecule has 0 bridgehead atoms. The van der Waals surface area contributed by atoms with Crippen LogP contribution < -0.4 is 72.6 Å². The Morgan fingerprint density at radius 1 is 1.05 bits per heavy atom. The molecular weight excluding hydrogens is 549 g/mol. The van der Waals surface area contributed by atoms with Crippen LogP contribution in [0.2, 0.25) is 0 Å². The maximum atomic E-state index is 13.2. The van der Waals surface area contributed by atoms with E-state index in [0.717, 1.165) is 32.6 Å². The summed E-state index contributed by atoms with van der Waals surface area (Å²) in [6, 6.07) is 21.0. The molecule has 41 heavy (non-hydrogen) atoms. The van der Waals surface area contributed by atoms with Gasteiger partial charge >= 0.3 is 57.1 Å². The van der Waals surface area contributed by atoms with Crippen molar-refractivity contribution in [3.63, 3.8) is 0 Å². The van der Waals surface area contributed by atoms with Crippen molar-refractivity contribution < 1.29 is 70.5 Å². The fourth-order valence-electron chi connectivity index (χ4n) is 4.52. The van der Waals surface area contributed by atoms with E-state index >= 15 is 0 Å². The summed E-state index contributed by atoms with van der Waals surface area (Å²) in [5.74, 6) is 0.0708. The van der Waals surface area contributed by atoms with Gasteiger partial charge in [0.1, 0.15) is 12.4 Å². The van der Waals surface area contributed by atoms with Crippen molar-refractivity contribution >= 4 is 5.91 Å².